The van der Waals surface area contributed by atoms with Gasteiger partial charge < -0.3 is 28.4 Å². The molecule has 0 radical (unpaired) electrons. The summed E-state index contributed by atoms with van der Waals surface area (Å²) in [6.45, 7) is -1.34. The Bertz CT molecular complexity index is 4460. The third-order valence-corrected chi connectivity index (χ3v) is 16.4. The summed E-state index contributed by atoms with van der Waals surface area (Å²) in [5.74, 6) is -107. The molecule has 0 aliphatic rings. The second-order valence-corrected chi connectivity index (χ2v) is 22.0. The van der Waals surface area contributed by atoms with Crippen molar-refractivity contribution in [3.8, 4) is 56.8 Å². The quantitative estimate of drug-likeness (QED) is 0.0525. The van der Waals surface area contributed by atoms with E-state index in [1.807, 2.05) is 0 Å². The number of hydrogen-bond acceptors (Lipinski definition) is 10. The SMILES string of the molecule is C.C.C.C.COCOc1c(F)c(F)c(-c2c(F)c(F)c(Oc3c(F)c(F)c(S(=O)(=O)c4c(F)c(F)c(C)c(F)c4F)c(F)c3F)c(F)c2F)c(F)c1F.COCOc1c(F)c(F)c(-c2c(F)c(F)c(Oc3c(F)c(F)c(S(=O)(=O)c4c(F)c(F)c(C)c(F)c4F)c(F)c3F)c(F)c2F)c(F)c1F. The maximum Gasteiger partial charge on any atom is 0.218 e. The number of halogens is 32. The van der Waals surface area contributed by atoms with E-state index in [9.17, 15) is 157 Å². The molecule has 8 aromatic rings. The number of methoxy groups -OCH3 is 2. The van der Waals surface area contributed by atoms with E-state index in [0.717, 1.165) is 14.2 Å². The van der Waals surface area contributed by atoms with Gasteiger partial charge in [-0.05, 0) is 13.8 Å². The van der Waals surface area contributed by atoms with Crippen LogP contribution in [0.1, 0.15) is 40.8 Å². The van der Waals surface area contributed by atoms with Crippen LogP contribution in [0.15, 0.2) is 19.6 Å². The molecule has 0 N–H and O–H groups in total. The predicted molar refractivity (Wildman–Crippen MR) is 281 cm³/mol. The molecule has 0 aromatic heterocycles. The normalized spacial score (nSPS) is 11.3. The zero-order chi connectivity index (χ0) is 74.4. The van der Waals surface area contributed by atoms with Gasteiger partial charge in [0.1, 0.15) is 19.6 Å². The average Bonchev–Trinajstić information content (AvgIpc) is 0.743. The van der Waals surface area contributed by atoms with E-state index in [2.05, 4.69) is 28.4 Å². The molecule has 10 nitrogen and oxygen atoms in total. The van der Waals surface area contributed by atoms with Crippen LogP contribution in [0.25, 0.3) is 22.3 Å². The Morgan fingerprint density at radius 1 is 0.216 bits per heavy atom. The topological polar surface area (TPSA) is 124 Å². The lowest BCUT2D eigenvalue weighted by Gasteiger charge is -2.17. The number of sulfone groups is 2. The van der Waals surface area contributed by atoms with E-state index in [-0.39, 0.29) is 29.7 Å². The van der Waals surface area contributed by atoms with Crippen molar-refractivity contribution in [2.75, 3.05) is 27.8 Å². The standard InChI is InChI=1S/2C27H8F16O5S.4CH4/c2*1-4-7(28)19(40)26(20(41)8(4)29)49(44,45)27-21(42)17(38)25(18(39)22(27)43)48-24-15(36)11(32)6(12(33)16(24)37)5-9(30)13(34)23(47-3-46-2)14(35)10(5)31;;;;/h2*3H2,1-2H3;4*1H4. The van der Waals surface area contributed by atoms with Crippen molar-refractivity contribution in [3.05, 3.63) is 197 Å². The van der Waals surface area contributed by atoms with Crippen molar-refractivity contribution >= 4 is 19.7 Å². The summed E-state index contributed by atoms with van der Waals surface area (Å²) in [4.78, 5) is -11.6. The molecule has 8 rings (SSSR count). The molecule has 8 aromatic carbocycles. The van der Waals surface area contributed by atoms with E-state index in [1.54, 1.807) is 0 Å². The van der Waals surface area contributed by atoms with Crippen molar-refractivity contribution in [1.29, 1.82) is 0 Å². The first kappa shape index (κ1) is 86.8. The highest BCUT2D eigenvalue weighted by atomic mass is 32.2. The first-order valence-electron chi connectivity index (χ1n) is 24.2. The number of rotatable bonds is 16. The van der Waals surface area contributed by atoms with Gasteiger partial charge in [-0.2, -0.15) is 52.7 Å². The molecule has 0 atom stereocenters. The molecular weight excluding hydrogens is 1530 g/mol. The summed E-state index contributed by atoms with van der Waals surface area (Å²) in [6.07, 6.45) is 0. The van der Waals surface area contributed by atoms with Crippen LogP contribution in [-0.2, 0) is 29.1 Å². The highest BCUT2D eigenvalue weighted by molar-refractivity contribution is 7.91. The third kappa shape index (κ3) is 13.7. The summed E-state index contributed by atoms with van der Waals surface area (Å²) in [7, 11) is -11.6. The van der Waals surface area contributed by atoms with Crippen LogP contribution >= 0.6 is 0 Å². The summed E-state index contributed by atoms with van der Waals surface area (Å²) in [6, 6.07) is 0. The van der Waals surface area contributed by atoms with Gasteiger partial charge in [0.15, 0.2) is 141 Å². The Hall–Kier alpha value is -9.46. The molecule has 44 heteroatoms. The van der Waals surface area contributed by atoms with Crippen LogP contribution in [0.5, 0.6) is 34.5 Å². The highest BCUT2D eigenvalue weighted by Crippen LogP contribution is 2.48. The largest absolute Gasteiger partial charge is 0.461 e. The Balaban J connectivity index is 0.000000510. The molecular formula is C58H32F32O10S2. The minimum absolute atomic E-state index is 0. The minimum Gasteiger partial charge on any atom is -0.461 e. The maximum absolute atomic E-state index is 14.9. The van der Waals surface area contributed by atoms with Gasteiger partial charge in [0, 0.05) is 25.3 Å². The van der Waals surface area contributed by atoms with Crippen LogP contribution in [-0.4, -0.2) is 44.6 Å². The fourth-order valence-corrected chi connectivity index (χ4v) is 11.2. The van der Waals surface area contributed by atoms with E-state index < -0.39 is 307 Å². The Labute approximate surface area is 549 Å². The van der Waals surface area contributed by atoms with Crippen LogP contribution < -0.4 is 18.9 Å². The fraction of sp³-hybridized carbons (Fsp3) is 0.172. The molecule has 0 bridgehead atoms. The van der Waals surface area contributed by atoms with Crippen LogP contribution in [0.4, 0.5) is 140 Å². The first-order chi connectivity index (χ1) is 45.3. The summed E-state index contributed by atoms with van der Waals surface area (Å²) >= 11 is 0. The zero-order valence-corrected chi connectivity index (χ0v) is 48.0. The van der Waals surface area contributed by atoms with Crippen molar-refractivity contribution in [1.82, 2.24) is 0 Å². The van der Waals surface area contributed by atoms with Gasteiger partial charge in [0.2, 0.25) is 112 Å². The van der Waals surface area contributed by atoms with Crippen molar-refractivity contribution in [2.45, 2.75) is 63.1 Å². The van der Waals surface area contributed by atoms with Gasteiger partial charge in [-0.15, -0.1) is 0 Å². The number of benzene rings is 8. The fourth-order valence-electron chi connectivity index (χ4n) is 8.15. The molecule has 0 amide bonds. The molecule has 0 saturated carbocycles. The maximum atomic E-state index is 14.9. The average molecular weight is 1560 g/mol. The second kappa shape index (κ2) is 31.4. The Kier molecular flexibility index (Phi) is 26.7. The van der Waals surface area contributed by atoms with Crippen molar-refractivity contribution in [3.63, 3.8) is 0 Å². The highest BCUT2D eigenvalue weighted by Gasteiger charge is 2.45. The molecule has 560 valence electrons. The van der Waals surface area contributed by atoms with E-state index in [1.165, 1.54) is 0 Å². The molecule has 0 unspecified atom stereocenters. The van der Waals surface area contributed by atoms with Gasteiger partial charge in [0.05, 0.1) is 22.3 Å². The smallest absolute Gasteiger partial charge is 0.218 e. The monoisotopic (exact) mass is 1560 g/mol. The summed E-state index contributed by atoms with van der Waals surface area (Å²) in [5, 5.41) is 0. The lowest BCUT2D eigenvalue weighted by molar-refractivity contribution is 0.0440. The molecule has 0 fully saturated rings. The van der Waals surface area contributed by atoms with Crippen molar-refractivity contribution in [2.24, 2.45) is 0 Å². The van der Waals surface area contributed by atoms with E-state index in [4.69, 9.17) is 0 Å². The third-order valence-electron chi connectivity index (χ3n) is 12.8. The number of hydrogen-bond donors (Lipinski definition) is 0. The molecule has 0 spiro atoms. The lowest BCUT2D eigenvalue weighted by Crippen LogP contribution is -2.18. The minimum atomic E-state index is -6.68. The van der Waals surface area contributed by atoms with Gasteiger partial charge >= 0.3 is 0 Å². The molecule has 0 heterocycles. The van der Waals surface area contributed by atoms with Gasteiger partial charge in [-0.1, -0.05) is 29.7 Å². The number of ether oxygens (including phenoxy) is 6. The van der Waals surface area contributed by atoms with Crippen LogP contribution in [0.3, 0.4) is 0 Å². The molecule has 0 aliphatic carbocycles. The Morgan fingerprint density at radius 3 is 0.510 bits per heavy atom. The second-order valence-electron chi connectivity index (χ2n) is 18.4. The first-order valence-corrected chi connectivity index (χ1v) is 27.2. The zero-order valence-electron chi connectivity index (χ0n) is 46.4. The van der Waals surface area contributed by atoms with E-state index in [0.29, 0.717) is 13.8 Å². The Morgan fingerprint density at radius 2 is 0.353 bits per heavy atom. The van der Waals surface area contributed by atoms with Gasteiger partial charge in [-0.3, -0.25) is 0 Å². The van der Waals surface area contributed by atoms with E-state index >= 15 is 0 Å². The lowest BCUT2D eigenvalue weighted by atomic mass is 10.0. The molecule has 0 aliphatic heterocycles. The molecule has 0 saturated heterocycles. The summed E-state index contributed by atoms with van der Waals surface area (Å²) in [5.41, 5.74) is -13.0. The summed E-state index contributed by atoms with van der Waals surface area (Å²) < 4.78 is 542. The molecule has 102 heavy (non-hydrogen) atoms. The van der Waals surface area contributed by atoms with Crippen LogP contribution in [0.2, 0.25) is 0 Å². The van der Waals surface area contributed by atoms with Gasteiger partial charge in [0.25, 0.3) is 0 Å². The predicted octanol–water partition coefficient (Wildman–Crippen LogP) is 19.5. The van der Waals surface area contributed by atoms with Gasteiger partial charge in [-0.25, -0.2) is 105 Å². The van der Waals surface area contributed by atoms with Crippen molar-refractivity contribution < 1.29 is 186 Å². The van der Waals surface area contributed by atoms with Crippen LogP contribution in [0, 0.1) is 200 Å².